The Balaban J connectivity index is 1.59. The number of likely N-dealkylation sites (N-methyl/N-ethyl adjacent to an activating group) is 1. The van der Waals surface area contributed by atoms with E-state index in [2.05, 4.69) is 10.0 Å². The number of carbonyl (C=O) groups is 2. The Labute approximate surface area is 256 Å². The second-order valence-electron chi connectivity index (χ2n) is 10.4. The first kappa shape index (κ1) is 31.9. The molecule has 0 saturated heterocycles. The van der Waals surface area contributed by atoms with Crippen LogP contribution in [0.25, 0.3) is 0 Å². The fourth-order valence-corrected chi connectivity index (χ4v) is 5.75. The average molecular weight is 631 g/mol. The average Bonchev–Trinajstić information content (AvgIpc) is 2.99. The van der Waals surface area contributed by atoms with E-state index in [1.165, 1.54) is 52.3 Å². The number of hydrogen-bond donors (Lipinski definition) is 3. The van der Waals surface area contributed by atoms with Crippen molar-refractivity contribution in [3.8, 4) is 11.5 Å². The van der Waals surface area contributed by atoms with Gasteiger partial charge in [0.1, 0.15) is 17.6 Å². The van der Waals surface area contributed by atoms with E-state index >= 15 is 0 Å². The quantitative estimate of drug-likeness (QED) is 0.316. The van der Waals surface area contributed by atoms with Crippen LogP contribution in [0.15, 0.2) is 71.6 Å². The fourth-order valence-electron chi connectivity index (χ4n) is 4.58. The van der Waals surface area contributed by atoms with Gasteiger partial charge < -0.3 is 29.7 Å². The third-order valence-corrected chi connectivity index (χ3v) is 8.83. The molecular formula is C30H35ClN4O7S. The van der Waals surface area contributed by atoms with Crippen LogP contribution in [0.4, 0.5) is 16.2 Å². The highest BCUT2D eigenvalue weighted by Gasteiger charge is 2.34. The minimum atomic E-state index is -3.97. The molecule has 3 atom stereocenters. The predicted octanol–water partition coefficient (Wildman–Crippen LogP) is 4.53. The number of methoxy groups -OCH3 is 1. The van der Waals surface area contributed by atoms with Gasteiger partial charge in [-0.1, -0.05) is 18.5 Å². The Kier molecular flexibility index (Phi) is 10.0. The molecule has 3 N–H and O–H groups in total. The van der Waals surface area contributed by atoms with E-state index in [4.69, 9.17) is 21.1 Å². The molecule has 0 saturated carbocycles. The molecule has 4 rings (SSSR count). The minimum Gasteiger partial charge on any atom is -0.497 e. The molecule has 1 aliphatic rings. The Morgan fingerprint density at radius 3 is 2.42 bits per heavy atom. The lowest BCUT2D eigenvalue weighted by Gasteiger charge is -2.38. The SMILES string of the molecule is COc1ccc(NC(=O)N(C)C[C@H]2Oc3ccc(NS(=O)(=O)c4ccc(Cl)cc4)cc3C(=O)N([C@@H](C)CO)C[C@@H]2C)cc1. The third kappa shape index (κ3) is 7.70. The van der Waals surface area contributed by atoms with Crippen molar-refractivity contribution in [1.82, 2.24) is 9.80 Å². The predicted molar refractivity (Wildman–Crippen MR) is 165 cm³/mol. The fraction of sp³-hybridized carbons (Fsp3) is 0.333. The zero-order valence-electron chi connectivity index (χ0n) is 24.3. The van der Waals surface area contributed by atoms with E-state index < -0.39 is 28.1 Å². The van der Waals surface area contributed by atoms with Crippen molar-refractivity contribution in [2.75, 3.05) is 43.9 Å². The number of halogens is 1. The molecule has 0 aliphatic carbocycles. The monoisotopic (exact) mass is 630 g/mol. The van der Waals surface area contributed by atoms with Gasteiger partial charge in [-0.15, -0.1) is 0 Å². The number of aliphatic hydroxyl groups excluding tert-OH is 1. The maximum absolute atomic E-state index is 13.7. The Morgan fingerprint density at radius 2 is 1.79 bits per heavy atom. The maximum Gasteiger partial charge on any atom is 0.321 e. The first-order valence-electron chi connectivity index (χ1n) is 13.6. The van der Waals surface area contributed by atoms with E-state index in [1.807, 2.05) is 6.92 Å². The summed E-state index contributed by atoms with van der Waals surface area (Å²) < 4.78 is 40.0. The molecule has 3 aromatic rings. The molecule has 43 heavy (non-hydrogen) atoms. The van der Waals surface area contributed by atoms with Crippen molar-refractivity contribution >= 4 is 44.9 Å². The molecule has 0 fully saturated rings. The zero-order chi connectivity index (χ0) is 31.3. The Morgan fingerprint density at radius 1 is 1.14 bits per heavy atom. The number of benzene rings is 3. The summed E-state index contributed by atoms with van der Waals surface area (Å²) in [4.78, 5) is 29.7. The number of aliphatic hydroxyl groups is 1. The summed E-state index contributed by atoms with van der Waals surface area (Å²) in [5.41, 5.74) is 0.874. The van der Waals surface area contributed by atoms with Gasteiger partial charge in [-0.2, -0.15) is 0 Å². The number of anilines is 2. The molecule has 3 aromatic carbocycles. The molecule has 3 amide bonds. The molecule has 0 unspecified atom stereocenters. The molecule has 0 bridgehead atoms. The van der Waals surface area contributed by atoms with Crippen molar-refractivity contribution in [2.24, 2.45) is 5.92 Å². The molecule has 0 radical (unpaired) electrons. The third-order valence-electron chi connectivity index (χ3n) is 7.18. The van der Waals surface area contributed by atoms with Crippen LogP contribution in [0.3, 0.4) is 0 Å². The van der Waals surface area contributed by atoms with Crippen molar-refractivity contribution in [3.63, 3.8) is 0 Å². The second-order valence-corrected chi connectivity index (χ2v) is 12.6. The smallest absolute Gasteiger partial charge is 0.321 e. The Hall–Kier alpha value is -4.00. The normalized spacial score (nSPS) is 17.5. The summed E-state index contributed by atoms with van der Waals surface area (Å²) in [6, 6.07) is 16.2. The summed E-state index contributed by atoms with van der Waals surface area (Å²) in [7, 11) is -0.769. The molecule has 230 valence electrons. The van der Waals surface area contributed by atoms with Gasteiger partial charge in [0.25, 0.3) is 15.9 Å². The number of urea groups is 1. The van der Waals surface area contributed by atoms with Crippen LogP contribution in [0, 0.1) is 5.92 Å². The van der Waals surface area contributed by atoms with Crippen molar-refractivity contribution < 1.29 is 32.6 Å². The summed E-state index contributed by atoms with van der Waals surface area (Å²) in [5, 5.41) is 13.2. The van der Waals surface area contributed by atoms with Gasteiger partial charge in [-0.3, -0.25) is 9.52 Å². The van der Waals surface area contributed by atoms with Crippen LogP contribution in [0.2, 0.25) is 5.02 Å². The number of fused-ring (bicyclic) bond motifs is 1. The van der Waals surface area contributed by atoms with Crippen LogP contribution in [-0.2, 0) is 10.0 Å². The molecule has 13 heteroatoms. The summed E-state index contributed by atoms with van der Waals surface area (Å²) in [6.07, 6.45) is -0.538. The number of carbonyl (C=O) groups excluding carboxylic acids is 2. The first-order valence-corrected chi connectivity index (χ1v) is 15.4. The van der Waals surface area contributed by atoms with Gasteiger partial charge >= 0.3 is 6.03 Å². The van der Waals surface area contributed by atoms with E-state index in [0.717, 1.165) is 0 Å². The van der Waals surface area contributed by atoms with Gasteiger partial charge in [0.15, 0.2) is 0 Å². The topological polar surface area (TPSA) is 138 Å². The minimum absolute atomic E-state index is 0.00610. The molecule has 0 aromatic heterocycles. The highest BCUT2D eigenvalue weighted by atomic mass is 35.5. The van der Waals surface area contributed by atoms with Crippen LogP contribution < -0.4 is 19.5 Å². The number of nitrogens with one attached hydrogen (secondary N) is 2. The summed E-state index contributed by atoms with van der Waals surface area (Å²) >= 11 is 5.90. The van der Waals surface area contributed by atoms with Gasteiger partial charge in [0, 0.05) is 35.9 Å². The first-order chi connectivity index (χ1) is 20.4. The number of sulfonamides is 1. The summed E-state index contributed by atoms with van der Waals surface area (Å²) in [6.45, 7) is 3.78. The van der Waals surface area contributed by atoms with Gasteiger partial charge in [0.2, 0.25) is 0 Å². The number of nitrogens with zero attached hydrogens (tertiary/aromatic N) is 2. The molecule has 0 spiro atoms. The molecule has 1 aliphatic heterocycles. The van der Waals surface area contributed by atoms with E-state index in [-0.39, 0.29) is 53.5 Å². The standard InChI is InChI=1S/C30H35ClN4O7S/c1-19-16-35(20(2)18-36)29(37)26-15-23(33-43(39,40)25-12-5-21(31)6-13-25)9-14-27(26)42-28(19)17-34(3)30(38)32-22-7-10-24(41-4)11-8-22/h5-15,19-20,28,33,36H,16-18H2,1-4H3,(H,32,38)/t19-,20-,28+/m0/s1. The number of amides is 3. The maximum atomic E-state index is 13.7. The van der Waals surface area contributed by atoms with Crippen LogP contribution in [0.5, 0.6) is 11.5 Å². The number of rotatable bonds is 9. The van der Waals surface area contributed by atoms with E-state index in [0.29, 0.717) is 16.5 Å². The second kappa shape index (κ2) is 13.5. The van der Waals surface area contributed by atoms with Crippen molar-refractivity contribution in [3.05, 3.63) is 77.3 Å². The zero-order valence-corrected chi connectivity index (χ0v) is 25.9. The highest BCUT2D eigenvalue weighted by molar-refractivity contribution is 7.92. The largest absolute Gasteiger partial charge is 0.497 e. The van der Waals surface area contributed by atoms with E-state index in [9.17, 15) is 23.1 Å². The van der Waals surface area contributed by atoms with Gasteiger partial charge in [-0.05, 0) is 73.7 Å². The van der Waals surface area contributed by atoms with Crippen LogP contribution in [-0.4, -0.2) is 81.3 Å². The van der Waals surface area contributed by atoms with Crippen molar-refractivity contribution in [1.29, 1.82) is 0 Å². The van der Waals surface area contributed by atoms with E-state index in [1.54, 1.807) is 45.3 Å². The molecular weight excluding hydrogens is 596 g/mol. The van der Waals surface area contributed by atoms with Crippen LogP contribution in [0.1, 0.15) is 24.2 Å². The highest BCUT2D eigenvalue weighted by Crippen LogP contribution is 2.31. The number of ether oxygens (including phenoxy) is 2. The lowest BCUT2D eigenvalue weighted by molar-refractivity contribution is 0.0371. The van der Waals surface area contributed by atoms with Gasteiger partial charge in [-0.25, -0.2) is 13.2 Å². The lowest BCUT2D eigenvalue weighted by Crippen LogP contribution is -2.50. The van der Waals surface area contributed by atoms with Crippen molar-refractivity contribution in [2.45, 2.75) is 30.9 Å². The lowest BCUT2D eigenvalue weighted by atomic mass is 9.99. The van der Waals surface area contributed by atoms with Gasteiger partial charge in [0.05, 0.1) is 36.8 Å². The Bertz CT molecular complexity index is 1550. The summed E-state index contributed by atoms with van der Waals surface area (Å²) in [5.74, 6) is 0.249. The molecule has 11 nitrogen and oxygen atoms in total. The number of hydrogen-bond acceptors (Lipinski definition) is 7. The molecule has 1 heterocycles. The van der Waals surface area contributed by atoms with Crippen LogP contribution >= 0.6 is 11.6 Å².